The molecule has 7 heteroatoms. The van der Waals surface area contributed by atoms with E-state index in [2.05, 4.69) is 16.1 Å². The van der Waals surface area contributed by atoms with Gasteiger partial charge in [-0.3, -0.25) is 4.79 Å². The number of halogens is 3. The van der Waals surface area contributed by atoms with E-state index in [0.29, 0.717) is 37.8 Å². The molecular formula is C18H18F3N3O. The Bertz CT molecular complexity index is 743. The summed E-state index contributed by atoms with van der Waals surface area (Å²) in [6.07, 6.45) is 3.06. The minimum Gasteiger partial charge on any atom is -0.338 e. The third-order valence-corrected chi connectivity index (χ3v) is 4.72. The molecule has 3 rings (SSSR count). The number of fused-ring (bicyclic) bond motifs is 1. The van der Waals surface area contributed by atoms with Crippen LogP contribution in [0.1, 0.15) is 42.4 Å². The first-order valence-electron chi connectivity index (χ1n) is 8.18. The molecule has 4 nitrogen and oxygen atoms in total. The largest absolute Gasteiger partial charge is 0.416 e. The molecule has 0 aromatic heterocycles. The molecular weight excluding hydrogens is 331 g/mol. The third-order valence-electron chi connectivity index (χ3n) is 4.72. The molecule has 2 heterocycles. The SMILES string of the molecule is C#CCCC1(CCC(=O)N2CCc3cccc(C(F)(F)F)c3C2)N=N1. The number of benzene rings is 1. The fourth-order valence-electron chi connectivity index (χ4n) is 3.19. The molecule has 25 heavy (non-hydrogen) atoms. The Labute approximate surface area is 144 Å². The first-order valence-corrected chi connectivity index (χ1v) is 8.18. The van der Waals surface area contributed by atoms with Crippen molar-refractivity contribution in [1.82, 2.24) is 4.90 Å². The van der Waals surface area contributed by atoms with Crippen LogP contribution in [0.5, 0.6) is 0 Å². The van der Waals surface area contributed by atoms with Gasteiger partial charge in [0.1, 0.15) is 0 Å². The van der Waals surface area contributed by atoms with Crippen LogP contribution in [0, 0.1) is 12.3 Å². The standard InChI is InChI=1S/C18H18F3N3O/c1-2-3-9-17(22-23-17)10-7-16(25)24-11-8-13-5-4-6-15(14(13)12-24)18(19,20)21/h1,4-6H,3,7-12H2. The number of terminal acetylenes is 1. The van der Waals surface area contributed by atoms with E-state index in [1.165, 1.54) is 11.0 Å². The summed E-state index contributed by atoms with van der Waals surface area (Å²) in [5, 5.41) is 7.96. The van der Waals surface area contributed by atoms with Crippen LogP contribution in [0.25, 0.3) is 0 Å². The fraction of sp³-hybridized carbons (Fsp3) is 0.500. The molecule has 2 aliphatic heterocycles. The Kier molecular flexibility index (Phi) is 4.55. The lowest BCUT2D eigenvalue weighted by atomic mass is 9.94. The summed E-state index contributed by atoms with van der Waals surface area (Å²) < 4.78 is 39.6. The zero-order valence-electron chi connectivity index (χ0n) is 13.6. The van der Waals surface area contributed by atoms with Crippen molar-refractivity contribution >= 4 is 5.91 Å². The minimum atomic E-state index is -4.41. The molecule has 0 fully saturated rings. The van der Waals surface area contributed by atoms with Gasteiger partial charge >= 0.3 is 6.18 Å². The van der Waals surface area contributed by atoms with E-state index >= 15 is 0 Å². The van der Waals surface area contributed by atoms with Crippen molar-refractivity contribution in [1.29, 1.82) is 0 Å². The second kappa shape index (κ2) is 6.51. The molecule has 132 valence electrons. The van der Waals surface area contributed by atoms with Crippen molar-refractivity contribution in [2.45, 2.75) is 50.5 Å². The van der Waals surface area contributed by atoms with Crippen LogP contribution in [0.3, 0.4) is 0 Å². The molecule has 0 N–H and O–H groups in total. The number of amides is 1. The van der Waals surface area contributed by atoms with Gasteiger partial charge in [0.25, 0.3) is 0 Å². The summed E-state index contributed by atoms with van der Waals surface area (Å²) in [5.74, 6) is 2.36. The van der Waals surface area contributed by atoms with Crippen molar-refractivity contribution in [3.05, 3.63) is 34.9 Å². The molecule has 2 aliphatic rings. The highest BCUT2D eigenvalue weighted by atomic mass is 19.4. The van der Waals surface area contributed by atoms with Gasteiger partial charge in [-0.25, -0.2) is 0 Å². The molecule has 0 radical (unpaired) electrons. The molecule has 0 unspecified atom stereocenters. The topological polar surface area (TPSA) is 45.0 Å². The highest BCUT2D eigenvalue weighted by molar-refractivity contribution is 5.76. The average molecular weight is 349 g/mol. The van der Waals surface area contributed by atoms with Gasteiger partial charge in [0, 0.05) is 38.8 Å². The van der Waals surface area contributed by atoms with Crippen LogP contribution in [0.2, 0.25) is 0 Å². The molecule has 1 aromatic rings. The van der Waals surface area contributed by atoms with Gasteiger partial charge in [0.15, 0.2) is 5.66 Å². The molecule has 0 saturated carbocycles. The molecule has 0 bridgehead atoms. The molecule has 0 saturated heterocycles. The van der Waals surface area contributed by atoms with Gasteiger partial charge < -0.3 is 4.90 Å². The maximum Gasteiger partial charge on any atom is 0.416 e. The van der Waals surface area contributed by atoms with Gasteiger partial charge in [-0.2, -0.15) is 23.4 Å². The van der Waals surface area contributed by atoms with Crippen LogP contribution in [-0.2, 0) is 23.9 Å². The number of rotatable bonds is 5. The fourth-order valence-corrected chi connectivity index (χ4v) is 3.19. The summed E-state index contributed by atoms with van der Waals surface area (Å²) in [6, 6.07) is 4.19. The molecule has 1 amide bonds. The number of carbonyl (C=O) groups is 1. The van der Waals surface area contributed by atoms with Crippen LogP contribution in [-0.4, -0.2) is 23.0 Å². The Morgan fingerprint density at radius 1 is 1.32 bits per heavy atom. The van der Waals surface area contributed by atoms with Crippen molar-refractivity contribution in [2.75, 3.05) is 6.54 Å². The molecule has 0 atom stereocenters. The highest BCUT2D eigenvalue weighted by Crippen LogP contribution is 2.38. The summed E-state index contributed by atoms with van der Waals surface area (Å²) in [7, 11) is 0. The lowest BCUT2D eigenvalue weighted by molar-refractivity contribution is -0.140. The van der Waals surface area contributed by atoms with Crippen molar-refractivity contribution in [3.63, 3.8) is 0 Å². The van der Waals surface area contributed by atoms with Crippen LogP contribution in [0.15, 0.2) is 28.4 Å². The minimum absolute atomic E-state index is 0.00447. The summed E-state index contributed by atoms with van der Waals surface area (Å²) >= 11 is 0. The Balaban J connectivity index is 1.65. The quantitative estimate of drug-likeness (QED) is 0.743. The van der Waals surface area contributed by atoms with Gasteiger partial charge in [-0.1, -0.05) is 12.1 Å². The second-order valence-corrected chi connectivity index (χ2v) is 6.39. The Hall–Kier alpha value is -2.36. The van der Waals surface area contributed by atoms with E-state index in [4.69, 9.17) is 6.42 Å². The van der Waals surface area contributed by atoms with E-state index in [1.54, 1.807) is 6.07 Å². The number of hydrogen-bond acceptors (Lipinski definition) is 3. The van der Waals surface area contributed by atoms with Crippen LogP contribution >= 0.6 is 0 Å². The zero-order valence-corrected chi connectivity index (χ0v) is 13.6. The number of nitrogens with zero attached hydrogens (tertiary/aromatic N) is 3. The van der Waals surface area contributed by atoms with Gasteiger partial charge in [-0.05, 0) is 23.6 Å². The molecule has 0 aliphatic carbocycles. The van der Waals surface area contributed by atoms with Gasteiger partial charge in [-0.15, -0.1) is 12.3 Å². The van der Waals surface area contributed by atoms with Gasteiger partial charge in [0.2, 0.25) is 5.91 Å². The summed E-state index contributed by atoms with van der Waals surface area (Å²) in [4.78, 5) is 13.9. The lowest BCUT2D eigenvalue weighted by Crippen LogP contribution is -2.37. The number of alkyl halides is 3. The first kappa shape index (κ1) is 17.5. The van der Waals surface area contributed by atoms with E-state index in [0.717, 1.165) is 6.07 Å². The molecule has 1 aromatic carbocycles. The van der Waals surface area contributed by atoms with Crippen LogP contribution in [0.4, 0.5) is 13.2 Å². The Morgan fingerprint density at radius 2 is 2.08 bits per heavy atom. The second-order valence-electron chi connectivity index (χ2n) is 6.39. The number of hydrogen-bond donors (Lipinski definition) is 0. The van der Waals surface area contributed by atoms with Crippen molar-refractivity contribution in [2.24, 2.45) is 10.2 Å². The third kappa shape index (κ3) is 3.84. The van der Waals surface area contributed by atoms with E-state index < -0.39 is 17.4 Å². The predicted molar refractivity (Wildman–Crippen MR) is 85.5 cm³/mol. The average Bonchev–Trinajstić information content (AvgIpc) is 3.36. The highest BCUT2D eigenvalue weighted by Gasteiger charge is 2.40. The Morgan fingerprint density at radius 3 is 2.72 bits per heavy atom. The lowest BCUT2D eigenvalue weighted by Gasteiger charge is -2.31. The van der Waals surface area contributed by atoms with E-state index in [9.17, 15) is 18.0 Å². The van der Waals surface area contributed by atoms with E-state index in [1.807, 2.05) is 0 Å². The van der Waals surface area contributed by atoms with E-state index in [-0.39, 0.29) is 24.4 Å². The summed E-state index contributed by atoms with van der Waals surface area (Å²) in [6.45, 7) is 0.425. The smallest absolute Gasteiger partial charge is 0.338 e. The maximum atomic E-state index is 13.2. The van der Waals surface area contributed by atoms with Crippen LogP contribution < -0.4 is 0 Å². The molecule has 0 spiro atoms. The van der Waals surface area contributed by atoms with Gasteiger partial charge in [0.05, 0.1) is 5.56 Å². The maximum absolute atomic E-state index is 13.2. The normalized spacial score (nSPS) is 17.8. The zero-order chi connectivity index (χ0) is 18.1. The van der Waals surface area contributed by atoms with Crippen molar-refractivity contribution in [3.8, 4) is 12.3 Å². The van der Waals surface area contributed by atoms with Crippen molar-refractivity contribution < 1.29 is 18.0 Å². The predicted octanol–water partition coefficient (Wildman–Crippen LogP) is 3.95. The monoisotopic (exact) mass is 349 g/mol. The number of carbonyl (C=O) groups excluding carboxylic acids is 1. The summed E-state index contributed by atoms with van der Waals surface area (Å²) in [5.41, 5.74) is -0.332. The first-order chi connectivity index (χ1) is 11.8.